The molecule has 0 aliphatic carbocycles. The third-order valence-electron chi connectivity index (χ3n) is 1.82. The van der Waals surface area contributed by atoms with Crippen LogP contribution in [-0.2, 0) is 0 Å². The van der Waals surface area contributed by atoms with Crippen LogP contribution in [0.5, 0.6) is 0 Å². The van der Waals surface area contributed by atoms with Crippen LogP contribution in [0.2, 0.25) is 0 Å². The molecule has 0 saturated heterocycles. The Kier molecular flexibility index (Phi) is 4.18. The molecule has 0 aromatic carbocycles. The Labute approximate surface area is 96.5 Å². The third kappa shape index (κ3) is 2.89. The Morgan fingerprint density at radius 3 is 2.94 bits per heavy atom. The summed E-state index contributed by atoms with van der Waals surface area (Å²) in [5.41, 5.74) is 5.88. The largest absolute Gasteiger partial charge is 0.409 e. The van der Waals surface area contributed by atoms with Gasteiger partial charge in [0, 0.05) is 0 Å². The van der Waals surface area contributed by atoms with Crippen LogP contribution in [0.25, 0.3) is 0 Å². The number of oxime groups is 1. The number of carbonyl (C=O) groups excluding carboxylic acids is 1. The average Bonchev–Trinajstić information content (AvgIpc) is 2.74. The van der Waals surface area contributed by atoms with Crippen LogP contribution in [-0.4, -0.2) is 33.1 Å². The van der Waals surface area contributed by atoms with Crippen molar-refractivity contribution in [1.29, 1.82) is 0 Å². The third-order valence-corrected chi connectivity index (χ3v) is 2.57. The number of rotatable bonds is 4. The quantitative estimate of drug-likeness (QED) is 0.301. The standard InChI is InChI=1S/C8H13N5O2S/c1-4(2)6-7(16-13-11-6)8(14)10-3-5(9)12-15/h4,15H,3H2,1-2H3,(H2,9,12)(H,10,14). The molecule has 1 aromatic rings. The summed E-state index contributed by atoms with van der Waals surface area (Å²) in [7, 11) is 0. The van der Waals surface area contributed by atoms with Gasteiger partial charge in [-0.2, -0.15) is 0 Å². The molecule has 0 fully saturated rings. The van der Waals surface area contributed by atoms with Crippen LogP contribution >= 0.6 is 11.5 Å². The van der Waals surface area contributed by atoms with Crippen molar-refractivity contribution in [1.82, 2.24) is 14.9 Å². The van der Waals surface area contributed by atoms with E-state index < -0.39 is 0 Å². The van der Waals surface area contributed by atoms with E-state index in [0.29, 0.717) is 10.6 Å². The predicted molar refractivity (Wildman–Crippen MR) is 59.7 cm³/mol. The number of amidine groups is 1. The highest BCUT2D eigenvalue weighted by molar-refractivity contribution is 7.08. The van der Waals surface area contributed by atoms with Crippen molar-refractivity contribution in [2.45, 2.75) is 19.8 Å². The molecule has 0 bridgehead atoms. The molecule has 0 saturated carbocycles. The maximum atomic E-state index is 11.7. The minimum atomic E-state index is -0.315. The molecule has 0 aliphatic heterocycles. The predicted octanol–water partition coefficient (Wildman–Crippen LogP) is 0.138. The average molecular weight is 243 g/mol. The second kappa shape index (κ2) is 5.40. The molecule has 88 valence electrons. The summed E-state index contributed by atoms with van der Waals surface area (Å²) in [6.07, 6.45) is 0. The van der Waals surface area contributed by atoms with Crippen molar-refractivity contribution in [3.05, 3.63) is 10.6 Å². The maximum Gasteiger partial charge on any atom is 0.265 e. The van der Waals surface area contributed by atoms with Gasteiger partial charge in [0.15, 0.2) is 5.84 Å². The van der Waals surface area contributed by atoms with Gasteiger partial charge in [-0.15, -0.1) is 5.10 Å². The fraction of sp³-hybridized carbons (Fsp3) is 0.500. The zero-order valence-corrected chi connectivity index (χ0v) is 9.78. The van der Waals surface area contributed by atoms with Gasteiger partial charge in [0.1, 0.15) is 4.88 Å². The van der Waals surface area contributed by atoms with Crippen LogP contribution < -0.4 is 11.1 Å². The van der Waals surface area contributed by atoms with Gasteiger partial charge in [0.2, 0.25) is 0 Å². The van der Waals surface area contributed by atoms with Gasteiger partial charge >= 0.3 is 0 Å². The lowest BCUT2D eigenvalue weighted by molar-refractivity contribution is 0.0961. The van der Waals surface area contributed by atoms with E-state index in [-0.39, 0.29) is 24.2 Å². The first-order valence-corrected chi connectivity index (χ1v) is 5.40. The zero-order valence-electron chi connectivity index (χ0n) is 8.97. The van der Waals surface area contributed by atoms with Gasteiger partial charge in [-0.1, -0.05) is 23.5 Å². The van der Waals surface area contributed by atoms with Gasteiger partial charge in [0.05, 0.1) is 12.2 Å². The van der Waals surface area contributed by atoms with E-state index in [9.17, 15) is 4.79 Å². The van der Waals surface area contributed by atoms with E-state index in [1.54, 1.807) is 0 Å². The zero-order chi connectivity index (χ0) is 12.1. The summed E-state index contributed by atoms with van der Waals surface area (Å²) in [6, 6.07) is 0. The van der Waals surface area contributed by atoms with Crippen LogP contribution in [0.1, 0.15) is 35.1 Å². The topological polar surface area (TPSA) is 113 Å². The number of amides is 1. The molecule has 8 heteroatoms. The number of nitrogens with two attached hydrogens (primary N) is 1. The Morgan fingerprint density at radius 2 is 2.38 bits per heavy atom. The fourth-order valence-corrected chi connectivity index (χ4v) is 1.75. The van der Waals surface area contributed by atoms with Crippen molar-refractivity contribution in [3.63, 3.8) is 0 Å². The molecule has 1 amide bonds. The highest BCUT2D eigenvalue weighted by Crippen LogP contribution is 2.19. The van der Waals surface area contributed by atoms with Crippen molar-refractivity contribution >= 4 is 23.3 Å². The Morgan fingerprint density at radius 1 is 1.69 bits per heavy atom. The summed E-state index contributed by atoms with van der Waals surface area (Å²) in [5.74, 6) is -0.245. The molecule has 0 atom stereocenters. The minimum absolute atomic E-state index is 0.00916. The SMILES string of the molecule is CC(C)c1nnsc1C(=O)NCC(N)=NO. The van der Waals surface area contributed by atoms with E-state index in [1.165, 1.54) is 0 Å². The molecule has 16 heavy (non-hydrogen) atoms. The molecule has 1 aromatic heterocycles. The van der Waals surface area contributed by atoms with Crippen molar-refractivity contribution < 1.29 is 10.0 Å². The second-order valence-corrected chi connectivity index (χ2v) is 4.17. The van der Waals surface area contributed by atoms with E-state index >= 15 is 0 Å². The molecule has 0 spiro atoms. The van der Waals surface area contributed by atoms with Crippen LogP contribution in [0.4, 0.5) is 0 Å². The van der Waals surface area contributed by atoms with Crippen molar-refractivity contribution in [2.75, 3.05) is 6.54 Å². The lowest BCUT2D eigenvalue weighted by atomic mass is 10.1. The van der Waals surface area contributed by atoms with Gasteiger partial charge in [-0.05, 0) is 17.5 Å². The summed E-state index contributed by atoms with van der Waals surface area (Å²) < 4.78 is 3.73. The molecule has 7 nitrogen and oxygen atoms in total. The number of hydrogen-bond donors (Lipinski definition) is 3. The molecule has 1 heterocycles. The van der Waals surface area contributed by atoms with Crippen molar-refractivity contribution in [3.8, 4) is 0 Å². The molecular formula is C8H13N5O2S. The first-order chi connectivity index (χ1) is 7.56. The molecular weight excluding hydrogens is 230 g/mol. The Balaban J connectivity index is 2.70. The normalized spacial score (nSPS) is 11.8. The van der Waals surface area contributed by atoms with Crippen molar-refractivity contribution in [2.24, 2.45) is 10.9 Å². The number of hydrogen-bond acceptors (Lipinski definition) is 6. The molecule has 0 unspecified atom stereocenters. The monoisotopic (exact) mass is 243 g/mol. The number of carbonyl (C=O) groups is 1. The van der Waals surface area contributed by atoms with Gasteiger partial charge in [-0.3, -0.25) is 4.79 Å². The van der Waals surface area contributed by atoms with E-state index in [4.69, 9.17) is 10.9 Å². The lowest BCUT2D eigenvalue weighted by Crippen LogP contribution is -2.33. The summed E-state index contributed by atoms with van der Waals surface area (Å²) in [6.45, 7) is 3.85. The first-order valence-electron chi connectivity index (χ1n) is 4.63. The van der Waals surface area contributed by atoms with Gasteiger partial charge in [0.25, 0.3) is 5.91 Å². The van der Waals surface area contributed by atoms with Crippen LogP contribution in [0.3, 0.4) is 0 Å². The summed E-state index contributed by atoms with van der Waals surface area (Å²) >= 11 is 1.03. The lowest BCUT2D eigenvalue weighted by Gasteiger charge is -2.04. The number of nitrogens with zero attached hydrogens (tertiary/aromatic N) is 3. The smallest absolute Gasteiger partial charge is 0.265 e. The Bertz CT molecular complexity index is 401. The van der Waals surface area contributed by atoms with Gasteiger partial charge < -0.3 is 16.3 Å². The number of aromatic nitrogens is 2. The highest BCUT2D eigenvalue weighted by Gasteiger charge is 2.18. The molecule has 0 radical (unpaired) electrons. The highest BCUT2D eigenvalue weighted by atomic mass is 32.1. The first kappa shape index (κ1) is 12.4. The fourth-order valence-electron chi connectivity index (χ4n) is 1.02. The van der Waals surface area contributed by atoms with E-state index in [1.807, 2.05) is 13.8 Å². The summed E-state index contributed by atoms with van der Waals surface area (Å²) in [5, 5.41) is 17.4. The minimum Gasteiger partial charge on any atom is -0.409 e. The van der Waals surface area contributed by atoms with Crippen LogP contribution in [0.15, 0.2) is 5.16 Å². The molecule has 4 N–H and O–H groups in total. The Hall–Kier alpha value is -1.70. The molecule has 0 aliphatic rings. The van der Waals surface area contributed by atoms with Crippen LogP contribution in [0, 0.1) is 0 Å². The molecule has 1 rings (SSSR count). The maximum absolute atomic E-state index is 11.7. The van der Waals surface area contributed by atoms with E-state index in [2.05, 4.69) is 20.1 Å². The number of nitrogens with one attached hydrogen (secondary N) is 1. The summed E-state index contributed by atoms with van der Waals surface area (Å²) in [4.78, 5) is 12.1. The van der Waals surface area contributed by atoms with Gasteiger partial charge in [-0.25, -0.2) is 0 Å². The second-order valence-electron chi connectivity index (χ2n) is 3.42. The van der Waals surface area contributed by atoms with E-state index in [0.717, 1.165) is 11.5 Å².